The van der Waals surface area contributed by atoms with Gasteiger partial charge in [-0.05, 0) is 37.0 Å². The van der Waals surface area contributed by atoms with Crippen LogP contribution in [0, 0.1) is 0 Å². The zero-order chi connectivity index (χ0) is 17.1. The van der Waals surface area contributed by atoms with Crippen LogP contribution in [0.5, 0.6) is 0 Å². The minimum Gasteiger partial charge on any atom is -0.284 e. The van der Waals surface area contributed by atoms with E-state index in [1.807, 2.05) is 34.9 Å². The molecular formula is C21H22N2OS. The maximum atomic E-state index is 13.1. The van der Waals surface area contributed by atoms with Crippen LogP contribution in [0.2, 0.25) is 0 Å². The maximum Gasteiger partial charge on any atom is 0.262 e. The quantitative estimate of drug-likeness (QED) is 0.487. The molecule has 0 aliphatic heterocycles. The molecule has 4 heteroatoms. The Hall–Kier alpha value is -2.07. The van der Waals surface area contributed by atoms with Crippen molar-refractivity contribution in [1.29, 1.82) is 0 Å². The van der Waals surface area contributed by atoms with Crippen LogP contribution in [0.1, 0.15) is 37.3 Å². The maximum absolute atomic E-state index is 13.1. The summed E-state index contributed by atoms with van der Waals surface area (Å²) >= 11 is 1.71. The summed E-state index contributed by atoms with van der Waals surface area (Å²) in [6, 6.07) is 18.5. The van der Waals surface area contributed by atoms with Gasteiger partial charge in [0, 0.05) is 11.8 Å². The Morgan fingerprint density at radius 3 is 2.52 bits per heavy atom. The number of hydrogen-bond acceptors (Lipinski definition) is 3. The molecule has 1 aliphatic carbocycles. The summed E-state index contributed by atoms with van der Waals surface area (Å²) in [6.45, 7) is 0. The third kappa shape index (κ3) is 3.49. The second-order valence-electron chi connectivity index (χ2n) is 6.61. The van der Waals surface area contributed by atoms with Crippen LogP contribution >= 0.6 is 11.8 Å². The lowest BCUT2D eigenvalue weighted by atomic mass is 10.2. The molecule has 3 nitrogen and oxygen atoms in total. The topological polar surface area (TPSA) is 34.9 Å². The van der Waals surface area contributed by atoms with Crippen LogP contribution < -0.4 is 5.56 Å². The molecule has 1 fully saturated rings. The van der Waals surface area contributed by atoms with Gasteiger partial charge >= 0.3 is 0 Å². The monoisotopic (exact) mass is 350 g/mol. The number of para-hydroxylation sites is 1. The van der Waals surface area contributed by atoms with Crippen LogP contribution in [0.3, 0.4) is 0 Å². The highest BCUT2D eigenvalue weighted by molar-refractivity contribution is 7.99. The number of aryl methyl sites for hydroxylation is 1. The van der Waals surface area contributed by atoms with E-state index in [0.29, 0.717) is 6.04 Å². The fourth-order valence-corrected chi connectivity index (χ4v) is 4.67. The van der Waals surface area contributed by atoms with Gasteiger partial charge in [-0.1, -0.05) is 67.1 Å². The first-order valence-electron chi connectivity index (χ1n) is 9.01. The van der Waals surface area contributed by atoms with Crippen LogP contribution in [0.4, 0.5) is 0 Å². The predicted octanol–water partition coefficient (Wildman–Crippen LogP) is 4.85. The molecule has 0 bridgehead atoms. The molecule has 128 valence electrons. The number of benzene rings is 2. The van der Waals surface area contributed by atoms with E-state index in [-0.39, 0.29) is 5.56 Å². The Labute approximate surface area is 152 Å². The standard InChI is InChI=1S/C21H22N2OS/c24-20-18-12-6-7-13-19(18)22-21(23(20)17-10-4-5-11-17)25-15-14-16-8-2-1-3-9-16/h1-3,6-9,12-13,17H,4-5,10-11,14-15H2. The first kappa shape index (κ1) is 16.4. The highest BCUT2D eigenvalue weighted by atomic mass is 32.2. The zero-order valence-corrected chi connectivity index (χ0v) is 15.0. The van der Waals surface area contributed by atoms with Crippen molar-refractivity contribution in [2.45, 2.75) is 43.3 Å². The van der Waals surface area contributed by atoms with Crippen molar-refractivity contribution < 1.29 is 0 Å². The van der Waals surface area contributed by atoms with Crippen molar-refractivity contribution in [3.05, 3.63) is 70.5 Å². The predicted molar refractivity (Wildman–Crippen MR) is 104 cm³/mol. The van der Waals surface area contributed by atoms with Crippen LogP contribution in [0.25, 0.3) is 10.9 Å². The number of aromatic nitrogens is 2. The van der Waals surface area contributed by atoms with Gasteiger partial charge in [0.1, 0.15) is 0 Å². The van der Waals surface area contributed by atoms with Gasteiger partial charge in [0.05, 0.1) is 10.9 Å². The average Bonchev–Trinajstić information content (AvgIpc) is 3.17. The Balaban J connectivity index is 1.66. The Morgan fingerprint density at radius 1 is 1.00 bits per heavy atom. The fraction of sp³-hybridized carbons (Fsp3) is 0.333. The summed E-state index contributed by atoms with van der Waals surface area (Å²) in [5.74, 6) is 0.932. The summed E-state index contributed by atoms with van der Waals surface area (Å²) in [5, 5.41) is 1.62. The molecular weight excluding hydrogens is 328 g/mol. The lowest BCUT2D eigenvalue weighted by molar-refractivity contribution is 0.457. The van der Waals surface area contributed by atoms with E-state index in [1.165, 1.54) is 18.4 Å². The summed E-state index contributed by atoms with van der Waals surface area (Å²) in [4.78, 5) is 17.9. The smallest absolute Gasteiger partial charge is 0.262 e. The van der Waals surface area contributed by atoms with Gasteiger partial charge < -0.3 is 0 Å². The summed E-state index contributed by atoms with van der Waals surface area (Å²) in [6.07, 6.45) is 5.58. The van der Waals surface area contributed by atoms with E-state index in [0.717, 1.165) is 41.1 Å². The Morgan fingerprint density at radius 2 is 1.72 bits per heavy atom. The normalized spacial score (nSPS) is 15.0. The van der Waals surface area contributed by atoms with Crippen molar-refractivity contribution in [3.63, 3.8) is 0 Å². The SMILES string of the molecule is O=c1c2ccccc2nc(SCCc2ccccc2)n1C1CCCC1. The second-order valence-corrected chi connectivity index (χ2v) is 7.67. The molecule has 0 radical (unpaired) electrons. The van der Waals surface area contributed by atoms with Gasteiger partial charge in [-0.15, -0.1) is 0 Å². The number of fused-ring (bicyclic) bond motifs is 1. The minimum absolute atomic E-state index is 0.125. The number of rotatable bonds is 5. The van der Waals surface area contributed by atoms with Gasteiger partial charge in [0.25, 0.3) is 5.56 Å². The van der Waals surface area contributed by atoms with Gasteiger partial charge in [0.2, 0.25) is 0 Å². The van der Waals surface area contributed by atoms with Gasteiger partial charge in [-0.3, -0.25) is 9.36 Å². The van der Waals surface area contributed by atoms with Crippen molar-refractivity contribution in [2.75, 3.05) is 5.75 Å². The molecule has 25 heavy (non-hydrogen) atoms. The molecule has 0 atom stereocenters. The Bertz CT molecular complexity index is 914. The van der Waals surface area contributed by atoms with Gasteiger partial charge in [0.15, 0.2) is 5.16 Å². The van der Waals surface area contributed by atoms with E-state index >= 15 is 0 Å². The second kappa shape index (κ2) is 7.44. The van der Waals surface area contributed by atoms with Crippen LogP contribution in [-0.4, -0.2) is 15.3 Å². The van der Waals surface area contributed by atoms with Crippen LogP contribution in [-0.2, 0) is 6.42 Å². The average molecular weight is 350 g/mol. The first-order chi connectivity index (χ1) is 12.3. The number of hydrogen-bond donors (Lipinski definition) is 0. The molecule has 1 saturated carbocycles. The molecule has 1 aliphatic rings. The van der Waals surface area contributed by atoms with Crippen molar-refractivity contribution in [2.24, 2.45) is 0 Å². The molecule has 1 heterocycles. The molecule has 0 unspecified atom stereocenters. The first-order valence-corrected chi connectivity index (χ1v) is 9.99. The van der Waals surface area contributed by atoms with E-state index in [9.17, 15) is 4.79 Å². The molecule has 3 aromatic rings. The third-order valence-corrected chi connectivity index (χ3v) is 5.88. The van der Waals surface area contributed by atoms with E-state index < -0.39 is 0 Å². The van der Waals surface area contributed by atoms with Crippen molar-refractivity contribution in [3.8, 4) is 0 Å². The fourth-order valence-electron chi connectivity index (χ4n) is 3.62. The van der Waals surface area contributed by atoms with Crippen molar-refractivity contribution >= 4 is 22.7 Å². The molecule has 4 rings (SSSR count). The largest absolute Gasteiger partial charge is 0.284 e. The van der Waals surface area contributed by atoms with Crippen molar-refractivity contribution in [1.82, 2.24) is 9.55 Å². The van der Waals surface area contributed by atoms with E-state index in [4.69, 9.17) is 4.98 Å². The highest BCUT2D eigenvalue weighted by Gasteiger charge is 2.22. The zero-order valence-electron chi connectivity index (χ0n) is 14.2. The molecule has 2 aromatic carbocycles. The van der Waals surface area contributed by atoms with E-state index in [2.05, 4.69) is 24.3 Å². The van der Waals surface area contributed by atoms with Gasteiger partial charge in [-0.25, -0.2) is 4.98 Å². The van der Waals surface area contributed by atoms with Crippen LogP contribution in [0.15, 0.2) is 64.5 Å². The molecule has 0 N–H and O–H groups in total. The van der Waals surface area contributed by atoms with E-state index in [1.54, 1.807) is 11.8 Å². The number of thioether (sulfide) groups is 1. The summed E-state index contributed by atoms with van der Waals surface area (Å²) < 4.78 is 1.98. The number of nitrogens with zero attached hydrogens (tertiary/aromatic N) is 2. The minimum atomic E-state index is 0.125. The lowest BCUT2D eigenvalue weighted by Crippen LogP contribution is -2.26. The molecule has 1 aromatic heterocycles. The third-order valence-electron chi connectivity index (χ3n) is 4.93. The molecule has 0 spiro atoms. The summed E-state index contributed by atoms with van der Waals surface area (Å²) in [5.41, 5.74) is 2.26. The lowest BCUT2D eigenvalue weighted by Gasteiger charge is -2.18. The highest BCUT2D eigenvalue weighted by Crippen LogP contribution is 2.32. The molecule has 0 amide bonds. The molecule has 0 saturated heterocycles. The Kier molecular flexibility index (Phi) is 4.88. The summed E-state index contributed by atoms with van der Waals surface area (Å²) in [7, 11) is 0. The van der Waals surface area contributed by atoms with Gasteiger partial charge in [-0.2, -0.15) is 0 Å².